The summed E-state index contributed by atoms with van der Waals surface area (Å²) in [5.74, 6) is -0.395. The first-order valence-corrected chi connectivity index (χ1v) is 8.92. The second-order valence-electron chi connectivity index (χ2n) is 5.82. The van der Waals surface area contributed by atoms with Crippen LogP contribution in [0.15, 0.2) is 23.1 Å². The van der Waals surface area contributed by atoms with Gasteiger partial charge in [-0.3, -0.25) is 9.89 Å². The SMILES string of the molecule is Cc1cccc(NC(=O)CN(C)S(=O)(=O)c2c(C)n[nH]c2C)c1C. The zero-order valence-electron chi connectivity index (χ0n) is 14.5. The minimum Gasteiger partial charge on any atom is -0.325 e. The number of sulfonamides is 1. The predicted molar refractivity (Wildman–Crippen MR) is 92.4 cm³/mol. The molecule has 0 bridgehead atoms. The summed E-state index contributed by atoms with van der Waals surface area (Å²) in [7, 11) is -2.41. The number of aryl methyl sites for hydroxylation is 3. The van der Waals surface area contributed by atoms with Crippen LogP contribution in [0, 0.1) is 27.7 Å². The Hall–Kier alpha value is -2.19. The lowest BCUT2D eigenvalue weighted by Gasteiger charge is -2.18. The number of benzene rings is 1. The first kappa shape index (κ1) is 18.2. The number of aromatic nitrogens is 2. The summed E-state index contributed by atoms with van der Waals surface area (Å²) < 4.78 is 26.3. The van der Waals surface area contributed by atoms with Gasteiger partial charge in [0.05, 0.1) is 17.9 Å². The molecule has 0 spiro atoms. The number of anilines is 1. The van der Waals surface area contributed by atoms with Crippen molar-refractivity contribution < 1.29 is 13.2 Å². The number of carbonyl (C=O) groups is 1. The lowest BCUT2D eigenvalue weighted by molar-refractivity contribution is -0.116. The largest absolute Gasteiger partial charge is 0.325 e. The molecule has 0 saturated carbocycles. The molecule has 2 rings (SSSR count). The van der Waals surface area contributed by atoms with Crippen LogP contribution in [0.4, 0.5) is 5.69 Å². The molecule has 0 radical (unpaired) electrons. The van der Waals surface area contributed by atoms with Crippen molar-refractivity contribution in [2.75, 3.05) is 18.9 Å². The maximum Gasteiger partial charge on any atom is 0.246 e. The number of aromatic amines is 1. The van der Waals surface area contributed by atoms with Gasteiger partial charge in [-0.2, -0.15) is 9.40 Å². The van der Waals surface area contributed by atoms with Gasteiger partial charge >= 0.3 is 0 Å². The van der Waals surface area contributed by atoms with Crippen LogP contribution in [0.1, 0.15) is 22.5 Å². The van der Waals surface area contributed by atoms with Crippen LogP contribution < -0.4 is 5.32 Å². The van der Waals surface area contributed by atoms with Gasteiger partial charge in [-0.1, -0.05) is 12.1 Å². The zero-order chi connectivity index (χ0) is 18.1. The third-order valence-electron chi connectivity index (χ3n) is 3.97. The third-order valence-corrected chi connectivity index (χ3v) is 6.04. The lowest BCUT2D eigenvalue weighted by atomic mass is 10.1. The molecule has 2 aromatic rings. The van der Waals surface area contributed by atoms with Crippen LogP contribution in [0.3, 0.4) is 0 Å². The minimum absolute atomic E-state index is 0.115. The molecule has 0 aliphatic rings. The summed E-state index contributed by atoms with van der Waals surface area (Å²) in [6, 6.07) is 5.59. The van der Waals surface area contributed by atoms with E-state index < -0.39 is 15.9 Å². The Balaban J connectivity index is 2.16. The second kappa shape index (κ2) is 6.74. The summed E-state index contributed by atoms with van der Waals surface area (Å²) in [4.78, 5) is 12.3. The number of hydrogen-bond acceptors (Lipinski definition) is 4. The summed E-state index contributed by atoms with van der Waals surface area (Å²) in [6.07, 6.45) is 0. The first-order chi connectivity index (χ1) is 11.1. The molecule has 0 saturated heterocycles. The standard InChI is InChI=1S/C16H22N4O3S/c1-10-7-6-8-14(11(10)2)17-15(21)9-20(5)24(22,23)16-12(3)18-19-13(16)4/h6-8H,9H2,1-5H3,(H,17,21)(H,18,19). The molecule has 2 N–H and O–H groups in total. The molecule has 1 amide bonds. The van der Waals surface area contributed by atoms with E-state index in [2.05, 4.69) is 15.5 Å². The summed E-state index contributed by atoms with van der Waals surface area (Å²) in [6.45, 7) is 6.83. The van der Waals surface area contributed by atoms with Gasteiger partial charge in [0.1, 0.15) is 4.90 Å². The van der Waals surface area contributed by atoms with Gasteiger partial charge in [-0.25, -0.2) is 8.42 Å². The van der Waals surface area contributed by atoms with E-state index in [0.29, 0.717) is 17.1 Å². The Bertz CT molecular complexity index is 852. The second-order valence-corrected chi connectivity index (χ2v) is 7.80. The fraction of sp³-hybridized carbons (Fsp3) is 0.375. The molecule has 0 unspecified atom stereocenters. The third kappa shape index (κ3) is 3.49. The van der Waals surface area contributed by atoms with Gasteiger partial charge in [0.15, 0.2) is 0 Å². The van der Waals surface area contributed by atoms with Crippen LogP contribution in [0.25, 0.3) is 0 Å². The van der Waals surface area contributed by atoms with E-state index in [4.69, 9.17) is 0 Å². The normalized spacial score (nSPS) is 11.8. The predicted octanol–water partition coefficient (Wildman–Crippen LogP) is 1.90. The van der Waals surface area contributed by atoms with Crippen molar-refractivity contribution in [1.29, 1.82) is 0 Å². The number of nitrogens with one attached hydrogen (secondary N) is 2. The Morgan fingerprint density at radius 1 is 1.25 bits per heavy atom. The highest BCUT2D eigenvalue weighted by Gasteiger charge is 2.28. The van der Waals surface area contributed by atoms with Crippen molar-refractivity contribution in [2.45, 2.75) is 32.6 Å². The van der Waals surface area contributed by atoms with Gasteiger partial charge in [0.2, 0.25) is 15.9 Å². The van der Waals surface area contributed by atoms with Gasteiger partial charge in [-0.15, -0.1) is 0 Å². The molecule has 7 nitrogen and oxygen atoms in total. The summed E-state index contributed by atoms with van der Waals surface area (Å²) >= 11 is 0. The Morgan fingerprint density at radius 3 is 2.50 bits per heavy atom. The minimum atomic E-state index is -3.78. The van der Waals surface area contributed by atoms with Crippen LogP contribution >= 0.6 is 0 Å². The molecule has 0 aliphatic carbocycles. The van der Waals surface area contributed by atoms with E-state index in [1.54, 1.807) is 19.9 Å². The van der Waals surface area contributed by atoms with Crippen molar-refractivity contribution in [3.05, 3.63) is 40.7 Å². The summed E-state index contributed by atoms with van der Waals surface area (Å²) in [5.41, 5.74) is 3.53. The Kier molecular flexibility index (Phi) is 5.10. The average Bonchev–Trinajstić information content (AvgIpc) is 2.83. The van der Waals surface area contributed by atoms with Gasteiger partial charge < -0.3 is 5.32 Å². The van der Waals surface area contributed by atoms with Crippen LogP contribution in [0.5, 0.6) is 0 Å². The average molecular weight is 350 g/mol. The van der Waals surface area contributed by atoms with E-state index in [0.717, 1.165) is 15.4 Å². The molecular formula is C16H22N4O3S. The van der Waals surface area contributed by atoms with Crippen LogP contribution in [-0.2, 0) is 14.8 Å². The highest BCUT2D eigenvalue weighted by atomic mass is 32.2. The number of H-pyrrole nitrogens is 1. The van der Waals surface area contributed by atoms with E-state index in [1.165, 1.54) is 7.05 Å². The molecule has 0 fully saturated rings. The number of carbonyl (C=O) groups excluding carboxylic acids is 1. The Labute approximate surface area is 142 Å². The number of rotatable bonds is 5. The zero-order valence-corrected chi connectivity index (χ0v) is 15.3. The van der Waals surface area contributed by atoms with Crippen molar-refractivity contribution in [3.63, 3.8) is 0 Å². The molecule has 24 heavy (non-hydrogen) atoms. The summed E-state index contributed by atoms with van der Waals surface area (Å²) in [5, 5.41) is 9.31. The topological polar surface area (TPSA) is 95.2 Å². The molecule has 8 heteroatoms. The van der Waals surface area contributed by atoms with Crippen LogP contribution in [-0.4, -0.2) is 42.4 Å². The monoisotopic (exact) mass is 350 g/mol. The number of likely N-dealkylation sites (N-methyl/N-ethyl adjacent to an activating group) is 1. The highest BCUT2D eigenvalue weighted by molar-refractivity contribution is 7.89. The van der Waals surface area contributed by atoms with E-state index in [9.17, 15) is 13.2 Å². The van der Waals surface area contributed by atoms with Crippen LogP contribution in [0.2, 0.25) is 0 Å². The molecule has 130 valence electrons. The van der Waals surface area contributed by atoms with Crippen molar-refractivity contribution in [1.82, 2.24) is 14.5 Å². The Morgan fingerprint density at radius 2 is 1.92 bits per heavy atom. The van der Waals surface area contributed by atoms with Gasteiger partial charge in [-0.05, 0) is 44.9 Å². The molecule has 1 aromatic heterocycles. The quantitative estimate of drug-likeness (QED) is 0.861. The number of hydrogen-bond donors (Lipinski definition) is 2. The van der Waals surface area contributed by atoms with E-state index in [-0.39, 0.29) is 11.4 Å². The van der Waals surface area contributed by atoms with Gasteiger partial charge in [0, 0.05) is 12.7 Å². The van der Waals surface area contributed by atoms with Crippen molar-refractivity contribution in [3.8, 4) is 0 Å². The maximum atomic E-state index is 12.6. The molecule has 1 heterocycles. The van der Waals surface area contributed by atoms with E-state index >= 15 is 0 Å². The van der Waals surface area contributed by atoms with Crippen molar-refractivity contribution >= 4 is 21.6 Å². The molecule has 0 atom stereocenters. The number of amides is 1. The maximum absolute atomic E-state index is 12.6. The fourth-order valence-electron chi connectivity index (χ4n) is 2.44. The first-order valence-electron chi connectivity index (χ1n) is 7.48. The molecule has 1 aromatic carbocycles. The van der Waals surface area contributed by atoms with E-state index in [1.807, 2.05) is 26.0 Å². The molecular weight excluding hydrogens is 328 g/mol. The smallest absolute Gasteiger partial charge is 0.246 e. The highest BCUT2D eigenvalue weighted by Crippen LogP contribution is 2.21. The van der Waals surface area contributed by atoms with Crippen molar-refractivity contribution in [2.24, 2.45) is 0 Å². The number of nitrogens with zero attached hydrogens (tertiary/aromatic N) is 2. The van der Waals surface area contributed by atoms with Gasteiger partial charge in [0.25, 0.3) is 0 Å². The molecule has 0 aliphatic heterocycles. The fourth-order valence-corrected chi connectivity index (χ4v) is 3.89. The lowest BCUT2D eigenvalue weighted by Crippen LogP contribution is -2.35.